The Labute approximate surface area is 228 Å². The number of nitrogens with zero attached hydrogens (tertiary/aromatic N) is 2. The number of ether oxygens (including phenoxy) is 1. The molecule has 0 saturated carbocycles. The molecule has 3 heterocycles. The first-order chi connectivity index (χ1) is 18.0. The van der Waals surface area contributed by atoms with Gasteiger partial charge in [0.25, 0.3) is 0 Å². The summed E-state index contributed by atoms with van der Waals surface area (Å²) in [4.78, 5) is 29.4. The molecule has 0 radical (unpaired) electrons. The smallest absolute Gasteiger partial charge is 0.349 e. The highest BCUT2D eigenvalue weighted by Gasteiger charge is 2.25. The molecule has 0 amide bonds. The van der Waals surface area contributed by atoms with Crippen LogP contribution in [0.5, 0.6) is 5.75 Å². The number of halogens is 1. The number of aromatic nitrogens is 1. The monoisotopic (exact) mass is 580 g/mol. The van der Waals surface area contributed by atoms with Gasteiger partial charge < -0.3 is 25.2 Å². The second-order valence-corrected chi connectivity index (χ2v) is 11.8. The zero-order valence-electron chi connectivity index (χ0n) is 20.2. The Morgan fingerprint density at radius 1 is 1.18 bits per heavy atom. The molecule has 38 heavy (non-hydrogen) atoms. The lowest BCUT2D eigenvalue weighted by Gasteiger charge is -2.33. The highest BCUT2D eigenvalue weighted by atomic mass is 35.5. The van der Waals surface area contributed by atoms with Crippen molar-refractivity contribution in [3.63, 3.8) is 0 Å². The van der Waals surface area contributed by atoms with Crippen molar-refractivity contribution in [3.05, 3.63) is 52.5 Å². The van der Waals surface area contributed by atoms with Crippen molar-refractivity contribution in [3.8, 4) is 16.2 Å². The van der Waals surface area contributed by atoms with Gasteiger partial charge in [-0.1, -0.05) is 23.7 Å². The van der Waals surface area contributed by atoms with Gasteiger partial charge in [-0.3, -0.25) is 4.72 Å². The maximum Gasteiger partial charge on any atom is 0.349 e. The first-order valence-electron chi connectivity index (χ1n) is 11.5. The average molecular weight is 581 g/mol. The van der Waals surface area contributed by atoms with E-state index >= 15 is 0 Å². The number of carboxylic acid groups (broad SMARTS) is 2. The second kappa shape index (κ2) is 11.5. The Morgan fingerprint density at radius 3 is 2.53 bits per heavy atom. The standard InChI is InChI=1S/C24H25ClN4O7S2/c1-38(34,35)28-17-5-6-18(26-12-17)29-9-7-15(8-10-29)27-16-4-2-3-14(11-16)22-20(25)21(36-13-19(30)31)23(37-22)24(32)33/h2-6,11-12,15,27-28H,7-10,13H2,1H3,(H,30,31)(H,32,33). The molecule has 0 unspecified atom stereocenters. The Morgan fingerprint density at radius 2 is 1.92 bits per heavy atom. The number of hydrogen-bond acceptors (Lipinski definition) is 9. The fourth-order valence-corrected chi connectivity index (χ4v) is 6.02. The quantitative estimate of drug-likeness (QED) is 0.275. The molecule has 0 aliphatic carbocycles. The van der Waals surface area contributed by atoms with Gasteiger partial charge in [-0.2, -0.15) is 0 Å². The summed E-state index contributed by atoms with van der Waals surface area (Å²) in [5, 5.41) is 22.0. The molecule has 1 aromatic carbocycles. The lowest BCUT2D eigenvalue weighted by atomic mass is 10.0. The van der Waals surface area contributed by atoms with Crippen LogP contribution in [0.2, 0.25) is 5.02 Å². The van der Waals surface area contributed by atoms with Crippen LogP contribution in [0.3, 0.4) is 0 Å². The van der Waals surface area contributed by atoms with E-state index in [1.807, 2.05) is 18.2 Å². The van der Waals surface area contributed by atoms with E-state index in [2.05, 4.69) is 19.9 Å². The van der Waals surface area contributed by atoms with Gasteiger partial charge in [0.15, 0.2) is 17.2 Å². The minimum absolute atomic E-state index is 0.0596. The third-order valence-corrected chi connectivity index (χ3v) is 8.00. The molecule has 2 aromatic heterocycles. The van der Waals surface area contributed by atoms with Gasteiger partial charge in [0.1, 0.15) is 10.8 Å². The number of pyridine rings is 1. The van der Waals surface area contributed by atoms with Crippen molar-refractivity contribution >= 4 is 62.1 Å². The molecule has 202 valence electrons. The number of carboxylic acids is 2. The molecular weight excluding hydrogens is 556 g/mol. The minimum atomic E-state index is -3.36. The van der Waals surface area contributed by atoms with E-state index in [0.717, 1.165) is 55.0 Å². The number of aromatic carboxylic acids is 1. The summed E-state index contributed by atoms with van der Waals surface area (Å²) >= 11 is 7.34. The van der Waals surface area contributed by atoms with Gasteiger partial charge in [-0.15, -0.1) is 11.3 Å². The molecule has 11 nitrogen and oxygen atoms in total. The number of hydrogen-bond donors (Lipinski definition) is 4. The predicted molar refractivity (Wildman–Crippen MR) is 146 cm³/mol. The SMILES string of the molecule is CS(=O)(=O)Nc1ccc(N2CCC(Nc3cccc(-c4sc(C(=O)O)c(OCC(=O)O)c4Cl)c3)CC2)nc1. The zero-order valence-corrected chi connectivity index (χ0v) is 22.6. The van der Waals surface area contributed by atoms with Crippen molar-refractivity contribution in [2.45, 2.75) is 18.9 Å². The number of sulfonamides is 1. The van der Waals surface area contributed by atoms with Gasteiger partial charge >= 0.3 is 11.9 Å². The summed E-state index contributed by atoms with van der Waals surface area (Å²) in [6.45, 7) is 0.812. The van der Waals surface area contributed by atoms with Crippen LogP contribution in [0.1, 0.15) is 22.5 Å². The van der Waals surface area contributed by atoms with Gasteiger partial charge in [0.05, 0.1) is 23.0 Å². The summed E-state index contributed by atoms with van der Waals surface area (Å²) in [5.41, 5.74) is 1.93. The maximum absolute atomic E-state index is 11.7. The summed E-state index contributed by atoms with van der Waals surface area (Å²) in [7, 11) is -3.36. The number of anilines is 3. The van der Waals surface area contributed by atoms with Crippen LogP contribution in [-0.4, -0.2) is 67.5 Å². The molecule has 0 atom stereocenters. The van der Waals surface area contributed by atoms with Crippen LogP contribution in [0.15, 0.2) is 42.6 Å². The van der Waals surface area contributed by atoms with Crippen LogP contribution in [-0.2, 0) is 14.8 Å². The largest absolute Gasteiger partial charge is 0.479 e. The molecule has 3 aromatic rings. The molecule has 1 aliphatic rings. The first kappa shape index (κ1) is 27.5. The summed E-state index contributed by atoms with van der Waals surface area (Å²) < 4.78 is 30.3. The van der Waals surface area contributed by atoms with E-state index in [4.69, 9.17) is 21.4 Å². The van der Waals surface area contributed by atoms with Crippen LogP contribution >= 0.6 is 22.9 Å². The van der Waals surface area contributed by atoms with Crippen molar-refractivity contribution in [2.75, 3.05) is 40.9 Å². The molecule has 14 heteroatoms. The van der Waals surface area contributed by atoms with Crippen LogP contribution in [0.4, 0.5) is 17.2 Å². The van der Waals surface area contributed by atoms with Crippen molar-refractivity contribution in [2.24, 2.45) is 0 Å². The van der Waals surface area contributed by atoms with Crippen molar-refractivity contribution in [1.82, 2.24) is 4.98 Å². The Hall–Kier alpha value is -3.55. The Bertz CT molecular complexity index is 1440. The van der Waals surface area contributed by atoms with Gasteiger partial charge in [-0.05, 0) is 42.7 Å². The van der Waals surface area contributed by atoms with Crippen LogP contribution < -0.4 is 19.7 Å². The Balaban J connectivity index is 1.41. The second-order valence-electron chi connectivity index (χ2n) is 8.66. The van der Waals surface area contributed by atoms with Gasteiger partial charge in [-0.25, -0.2) is 23.0 Å². The number of carbonyl (C=O) groups is 2. The van der Waals surface area contributed by atoms with Gasteiger partial charge in [0, 0.05) is 24.8 Å². The number of thiophene rings is 1. The van der Waals surface area contributed by atoms with Crippen LogP contribution in [0.25, 0.3) is 10.4 Å². The average Bonchev–Trinajstić information content (AvgIpc) is 3.19. The number of benzene rings is 1. The summed E-state index contributed by atoms with van der Waals surface area (Å²) in [5.74, 6) is -1.87. The zero-order chi connectivity index (χ0) is 27.4. The van der Waals surface area contributed by atoms with E-state index in [-0.39, 0.29) is 21.7 Å². The number of aliphatic carboxylic acids is 1. The molecule has 0 spiro atoms. The topological polar surface area (TPSA) is 158 Å². The third-order valence-electron chi connectivity index (χ3n) is 5.71. The summed E-state index contributed by atoms with van der Waals surface area (Å²) in [6, 6.07) is 11.1. The molecule has 4 rings (SSSR count). The molecular formula is C24H25ClN4O7S2. The van der Waals surface area contributed by atoms with Crippen molar-refractivity contribution < 1.29 is 33.0 Å². The molecule has 1 saturated heterocycles. The lowest BCUT2D eigenvalue weighted by molar-refractivity contribution is -0.139. The molecule has 1 fully saturated rings. The fraction of sp³-hybridized carbons (Fsp3) is 0.292. The van der Waals surface area contributed by atoms with E-state index in [0.29, 0.717) is 16.1 Å². The maximum atomic E-state index is 11.7. The summed E-state index contributed by atoms with van der Waals surface area (Å²) in [6.07, 6.45) is 4.26. The van der Waals surface area contributed by atoms with E-state index in [1.54, 1.807) is 18.2 Å². The Kier molecular flexibility index (Phi) is 8.29. The highest BCUT2D eigenvalue weighted by molar-refractivity contribution is 7.92. The van der Waals surface area contributed by atoms with E-state index < -0.39 is 28.6 Å². The van der Waals surface area contributed by atoms with E-state index in [1.165, 1.54) is 6.20 Å². The normalized spacial score (nSPS) is 14.2. The number of rotatable bonds is 10. The predicted octanol–water partition coefficient (Wildman–Crippen LogP) is 4.08. The fourth-order valence-electron chi connectivity index (χ4n) is 4.07. The van der Waals surface area contributed by atoms with Crippen LogP contribution in [0, 0.1) is 0 Å². The van der Waals surface area contributed by atoms with E-state index in [9.17, 15) is 23.1 Å². The third kappa shape index (κ3) is 6.85. The molecule has 1 aliphatic heterocycles. The van der Waals surface area contributed by atoms with Crippen molar-refractivity contribution in [1.29, 1.82) is 0 Å². The molecule has 0 bridgehead atoms. The van der Waals surface area contributed by atoms with Gasteiger partial charge in [0.2, 0.25) is 10.0 Å². The lowest BCUT2D eigenvalue weighted by Crippen LogP contribution is -2.39. The highest BCUT2D eigenvalue weighted by Crippen LogP contribution is 2.46. The number of nitrogens with one attached hydrogen (secondary N) is 2. The molecule has 4 N–H and O–H groups in total. The first-order valence-corrected chi connectivity index (χ1v) is 14.5. The number of piperidine rings is 1. The minimum Gasteiger partial charge on any atom is -0.479 e.